The predicted octanol–water partition coefficient (Wildman–Crippen LogP) is 4.11. The molecule has 0 unspecified atom stereocenters. The molecule has 0 fully saturated rings. The van der Waals surface area contributed by atoms with E-state index in [0.717, 1.165) is 37.5 Å². The summed E-state index contributed by atoms with van der Waals surface area (Å²) < 4.78 is 26.3. The van der Waals surface area contributed by atoms with Crippen LogP contribution in [0.4, 0.5) is 19.3 Å². The maximum absolute atomic E-state index is 13.4. The molecule has 0 atom stereocenters. The molecule has 0 aliphatic rings. The Bertz CT molecular complexity index is 617. The average Bonchev–Trinajstić information content (AvgIpc) is 2.51. The van der Waals surface area contributed by atoms with Crippen LogP contribution in [0.25, 0.3) is 0 Å². The van der Waals surface area contributed by atoms with Crippen LogP contribution in [-0.4, -0.2) is 12.6 Å². The lowest BCUT2D eigenvalue weighted by atomic mass is 10.1. The molecule has 0 aliphatic carbocycles. The monoisotopic (exact) mass is 304 g/mol. The first-order valence-electron chi connectivity index (χ1n) is 7.19. The number of rotatable bonds is 6. The highest BCUT2D eigenvalue weighted by molar-refractivity contribution is 5.89. The lowest BCUT2D eigenvalue weighted by Crippen LogP contribution is -2.30. The molecule has 2 N–H and O–H groups in total. The molecule has 116 valence electrons. The van der Waals surface area contributed by atoms with E-state index in [4.69, 9.17) is 0 Å². The summed E-state index contributed by atoms with van der Waals surface area (Å²) in [5, 5.41) is 4.92. The van der Waals surface area contributed by atoms with Gasteiger partial charge in [-0.15, -0.1) is 0 Å². The maximum atomic E-state index is 13.4. The zero-order valence-electron chi connectivity index (χ0n) is 12.1. The van der Waals surface area contributed by atoms with Gasteiger partial charge in [-0.3, -0.25) is 0 Å². The van der Waals surface area contributed by atoms with Gasteiger partial charge >= 0.3 is 6.03 Å². The SMILES string of the molecule is O=C(NCCCCc1ccccc1)Nc1cc(F)ccc1F. The first kappa shape index (κ1) is 15.9. The summed E-state index contributed by atoms with van der Waals surface area (Å²) in [6, 6.07) is 12.5. The van der Waals surface area contributed by atoms with Gasteiger partial charge in [0.1, 0.15) is 11.6 Å². The molecule has 3 nitrogen and oxygen atoms in total. The summed E-state index contributed by atoms with van der Waals surface area (Å²) in [7, 11) is 0. The summed E-state index contributed by atoms with van der Waals surface area (Å²) in [5.41, 5.74) is 1.09. The highest BCUT2D eigenvalue weighted by atomic mass is 19.1. The van der Waals surface area contributed by atoms with Crippen LogP contribution in [0.3, 0.4) is 0 Å². The molecule has 0 aliphatic heterocycles. The van der Waals surface area contributed by atoms with E-state index in [1.165, 1.54) is 5.56 Å². The van der Waals surface area contributed by atoms with Crippen LogP contribution in [0.5, 0.6) is 0 Å². The molecule has 2 rings (SSSR count). The first-order chi connectivity index (χ1) is 10.6. The second-order valence-corrected chi connectivity index (χ2v) is 4.95. The van der Waals surface area contributed by atoms with Crippen molar-refractivity contribution < 1.29 is 13.6 Å². The first-order valence-corrected chi connectivity index (χ1v) is 7.19. The number of halogens is 2. The van der Waals surface area contributed by atoms with Crippen LogP contribution in [0, 0.1) is 11.6 Å². The van der Waals surface area contributed by atoms with Gasteiger partial charge in [-0.2, -0.15) is 0 Å². The van der Waals surface area contributed by atoms with E-state index in [2.05, 4.69) is 22.8 Å². The normalized spacial score (nSPS) is 10.3. The Morgan fingerprint density at radius 3 is 2.55 bits per heavy atom. The van der Waals surface area contributed by atoms with E-state index in [1.54, 1.807) is 0 Å². The van der Waals surface area contributed by atoms with Crippen molar-refractivity contribution in [3.05, 3.63) is 65.7 Å². The van der Waals surface area contributed by atoms with E-state index < -0.39 is 17.7 Å². The quantitative estimate of drug-likeness (QED) is 0.775. The van der Waals surface area contributed by atoms with Gasteiger partial charge in [-0.1, -0.05) is 30.3 Å². The number of unbranched alkanes of at least 4 members (excludes halogenated alkanes) is 1. The largest absolute Gasteiger partial charge is 0.338 e. The second-order valence-electron chi connectivity index (χ2n) is 4.95. The van der Waals surface area contributed by atoms with Crippen LogP contribution in [0.2, 0.25) is 0 Å². The summed E-state index contributed by atoms with van der Waals surface area (Å²) in [6.07, 6.45) is 2.70. The zero-order chi connectivity index (χ0) is 15.8. The van der Waals surface area contributed by atoms with Crippen LogP contribution >= 0.6 is 0 Å². The maximum Gasteiger partial charge on any atom is 0.319 e. The third kappa shape index (κ3) is 5.16. The number of carbonyl (C=O) groups excluding carboxylic acids is 1. The third-order valence-corrected chi connectivity index (χ3v) is 3.20. The molecule has 2 aromatic rings. The summed E-state index contributed by atoms with van der Waals surface area (Å²) >= 11 is 0. The van der Waals surface area contributed by atoms with Gasteiger partial charge in [0.25, 0.3) is 0 Å². The third-order valence-electron chi connectivity index (χ3n) is 3.20. The fourth-order valence-corrected chi connectivity index (χ4v) is 2.06. The van der Waals surface area contributed by atoms with E-state index in [1.807, 2.05) is 18.2 Å². The fraction of sp³-hybridized carbons (Fsp3) is 0.235. The van der Waals surface area contributed by atoms with Crippen molar-refractivity contribution in [3.63, 3.8) is 0 Å². The van der Waals surface area contributed by atoms with Gasteiger partial charge in [0.05, 0.1) is 5.69 Å². The number of urea groups is 1. The van der Waals surface area contributed by atoms with Crippen molar-refractivity contribution in [1.29, 1.82) is 0 Å². The van der Waals surface area contributed by atoms with Crippen molar-refractivity contribution in [2.75, 3.05) is 11.9 Å². The van der Waals surface area contributed by atoms with Crippen LogP contribution in [0.15, 0.2) is 48.5 Å². The van der Waals surface area contributed by atoms with E-state index in [0.29, 0.717) is 6.54 Å². The number of carbonyl (C=O) groups is 1. The van der Waals surface area contributed by atoms with Crippen molar-refractivity contribution in [2.24, 2.45) is 0 Å². The Labute approximate surface area is 128 Å². The van der Waals surface area contributed by atoms with E-state index in [-0.39, 0.29) is 5.69 Å². The standard InChI is InChI=1S/C17H18F2N2O/c18-14-9-10-15(19)16(12-14)21-17(22)20-11-5-4-8-13-6-2-1-3-7-13/h1-3,6-7,9-10,12H,4-5,8,11H2,(H2,20,21,22). The molecule has 2 aromatic carbocycles. The predicted molar refractivity (Wildman–Crippen MR) is 82.8 cm³/mol. The Morgan fingerprint density at radius 1 is 1.00 bits per heavy atom. The Morgan fingerprint density at radius 2 is 1.77 bits per heavy atom. The lowest BCUT2D eigenvalue weighted by Gasteiger charge is -2.08. The number of aryl methyl sites for hydroxylation is 1. The number of nitrogens with one attached hydrogen (secondary N) is 2. The Balaban J connectivity index is 1.66. The number of benzene rings is 2. The summed E-state index contributed by atoms with van der Waals surface area (Å²) in [4.78, 5) is 11.6. The van der Waals surface area contributed by atoms with E-state index >= 15 is 0 Å². The van der Waals surface area contributed by atoms with Crippen molar-refractivity contribution in [3.8, 4) is 0 Å². The second kappa shape index (κ2) is 8.12. The van der Waals surface area contributed by atoms with Gasteiger partial charge in [-0.25, -0.2) is 13.6 Å². The molecular formula is C17H18F2N2O. The highest BCUT2D eigenvalue weighted by Gasteiger charge is 2.07. The molecule has 0 heterocycles. The van der Waals surface area contributed by atoms with Gasteiger partial charge < -0.3 is 10.6 Å². The van der Waals surface area contributed by atoms with Crippen LogP contribution < -0.4 is 10.6 Å². The zero-order valence-corrected chi connectivity index (χ0v) is 12.1. The number of amides is 2. The van der Waals surface area contributed by atoms with Gasteiger partial charge in [0, 0.05) is 12.6 Å². The lowest BCUT2D eigenvalue weighted by molar-refractivity contribution is 0.252. The molecule has 2 amide bonds. The fourth-order valence-electron chi connectivity index (χ4n) is 2.06. The van der Waals surface area contributed by atoms with E-state index in [9.17, 15) is 13.6 Å². The topological polar surface area (TPSA) is 41.1 Å². The van der Waals surface area contributed by atoms with Crippen LogP contribution in [-0.2, 0) is 6.42 Å². The molecule has 0 spiro atoms. The Hall–Kier alpha value is -2.43. The average molecular weight is 304 g/mol. The van der Waals surface area contributed by atoms with Crippen molar-refractivity contribution >= 4 is 11.7 Å². The summed E-state index contributed by atoms with van der Waals surface area (Å²) in [5.74, 6) is -1.26. The highest BCUT2D eigenvalue weighted by Crippen LogP contribution is 2.14. The number of hydrogen-bond donors (Lipinski definition) is 2. The van der Waals surface area contributed by atoms with Gasteiger partial charge in [0.15, 0.2) is 0 Å². The van der Waals surface area contributed by atoms with Gasteiger partial charge in [0.2, 0.25) is 0 Å². The van der Waals surface area contributed by atoms with Crippen molar-refractivity contribution in [2.45, 2.75) is 19.3 Å². The molecule has 0 bridgehead atoms. The van der Waals surface area contributed by atoms with Gasteiger partial charge in [-0.05, 0) is 37.0 Å². The Kier molecular flexibility index (Phi) is 5.89. The molecule has 0 saturated carbocycles. The molecule has 5 heteroatoms. The summed E-state index contributed by atoms with van der Waals surface area (Å²) in [6.45, 7) is 0.482. The number of anilines is 1. The number of hydrogen-bond acceptors (Lipinski definition) is 1. The minimum atomic E-state index is -0.666. The molecule has 0 radical (unpaired) electrons. The minimum Gasteiger partial charge on any atom is -0.338 e. The molecule has 0 aromatic heterocycles. The minimum absolute atomic E-state index is 0.165. The molecule has 0 saturated heterocycles. The smallest absolute Gasteiger partial charge is 0.319 e. The van der Waals surface area contributed by atoms with Crippen LogP contribution in [0.1, 0.15) is 18.4 Å². The van der Waals surface area contributed by atoms with Crippen molar-refractivity contribution in [1.82, 2.24) is 5.32 Å². The molecular weight excluding hydrogens is 286 g/mol. The molecule has 22 heavy (non-hydrogen) atoms.